The summed E-state index contributed by atoms with van der Waals surface area (Å²) in [6.07, 6.45) is 1.69. The number of aryl methyl sites for hydroxylation is 2. The van der Waals surface area contributed by atoms with Gasteiger partial charge in [0.05, 0.1) is 34.8 Å². The van der Waals surface area contributed by atoms with Crippen molar-refractivity contribution in [3.8, 4) is 0 Å². The molecule has 0 bridgehead atoms. The Hall–Kier alpha value is -1.36. The minimum Gasteiger partial charge on any atom is -0.396 e. The van der Waals surface area contributed by atoms with Crippen molar-refractivity contribution < 1.29 is 0 Å². The van der Waals surface area contributed by atoms with Gasteiger partial charge in [-0.3, -0.25) is 4.68 Å². The molecule has 80 valence electrons. The van der Waals surface area contributed by atoms with Gasteiger partial charge in [-0.15, -0.1) is 11.3 Å². The molecule has 0 saturated heterocycles. The molecule has 0 unspecified atom stereocenters. The predicted octanol–water partition coefficient (Wildman–Crippen LogP) is 1.90. The fourth-order valence-corrected chi connectivity index (χ4v) is 2.40. The summed E-state index contributed by atoms with van der Waals surface area (Å²) >= 11 is 1.71. The first kappa shape index (κ1) is 10.2. The standard InChI is InChI=1S/C10H14N4S/c1-6-10(15-8(3)13-6)5-14-7(2)9(11)4-12-14/h4H,5,11H2,1-3H3. The lowest BCUT2D eigenvalue weighted by molar-refractivity contribution is 0.669. The van der Waals surface area contributed by atoms with Crippen LogP contribution in [0.15, 0.2) is 6.20 Å². The SMILES string of the molecule is Cc1nc(C)c(Cn2ncc(N)c2C)s1. The zero-order valence-electron chi connectivity index (χ0n) is 9.11. The van der Waals surface area contributed by atoms with Crippen molar-refractivity contribution in [1.29, 1.82) is 0 Å². The lowest BCUT2D eigenvalue weighted by Gasteiger charge is -2.02. The van der Waals surface area contributed by atoms with Crippen LogP contribution in [0.3, 0.4) is 0 Å². The lowest BCUT2D eigenvalue weighted by Crippen LogP contribution is -2.03. The van der Waals surface area contributed by atoms with E-state index in [1.165, 1.54) is 4.88 Å². The number of aromatic nitrogens is 3. The molecule has 2 N–H and O–H groups in total. The molecule has 2 aromatic rings. The number of hydrogen-bond acceptors (Lipinski definition) is 4. The molecule has 2 rings (SSSR count). The Kier molecular flexibility index (Phi) is 2.48. The Labute approximate surface area is 92.8 Å². The Balaban J connectivity index is 2.29. The number of hydrogen-bond donors (Lipinski definition) is 1. The fourth-order valence-electron chi connectivity index (χ4n) is 1.48. The van der Waals surface area contributed by atoms with Gasteiger partial charge < -0.3 is 5.73 Å². The van der Waals surface area contributed by atoms with E-state index in [1.807, 2.05) is 25.5 Å². The van der Waals surface area contributed by atoms with Crippen molar-refractivity contribution in [2.24, 2.45) is 0 Å². The molecule has 0 amide bonds. The first-order valence-corrected chi connectivity index (χ1v) is 5.60. The number of anilines is 1. The maximum absolute atomic E-state index is 5.74. The third-order valence-electron chi connectivity index (χ3n) is 2.43. The van der Waals surface area contributed by atoms with Crippen LogP contribution in [0.5, 0.6) is 0 Å². The summed E-state index contributed by atoms with van der Waals surface area (Å²) in [6, 6.07) is 0. The first-order chi connectivity index (χ1) is 7.08. The number of nitrogens with zero attached hydrogens (tertiary/aromatic N) is 3. The zero-order chi connectivity index (χ0) is 11.0. The van der Waals surface area contributed by atoms with E-state index in [0.717, 1.165) is 28.6 Å². The van der Waals surface area contributed by atoms with Gasteiger partial charge >= 0.3 is 0 Å². The molecular weight excluding hydrogens is 208 g/mol. The summed E-state index contributed by atoms with van der Waals surface area (Å²) in [5.74, 6) is 0. The highest BCUT2D eigenvalue weighted by molar-refractivity contribution is 7.11. The van der Waals surface area contributed by atoms with Crippen molar-refractivity contribution in [1.82, 2.24) is 14.8 Å². The molecule has 5 heteroatoms. The highest BCUT2D eigenvalue weighted by Crippen LogP contribution is 2.19. The molecule has 0 aliphatic rings. The van der Waals surface area contributed by atoms with E-state index in [9.17, 15) is 0 Å². The van der Waals surface area contributed by atoms with E-state index in [0.29, 0.717) is 0 Å². The van der Waals surface area contributed by atoms with Gasteiger partial charge in [0.1, 0.15) is 0 Å². The molecular formula is C10H14N4S. The van der Waals surface area contributed by atoms with E-state index >= 15 is 0 Å². The van der Waals surface area contributed by atoms with Crippen LogP contribution in [0.25, 0.3) is 0 Å². The van der Waals surface area contributed by atoms with Gasteiger partial charge in [0.2, 0.25) is 0 Å². The minimum atomic E-state index is 0.744. The fraction of sp³-hybridized carbons (Fsp3) is 0.400. The molecule has 4 nitrogen and oxygen atoms in total. The van der Waals surface area contributed by atoms with Gasteiger partial charge in [0, 0.05) is 4.88 Å². The van der Waals surface area contributed by atoms with Gasteiger partial charge in [-0.1, -0.05) is 0 Å². The van der Waals surface area contributed by atoms with Crippen LogP contribution in [0.1, 0.15) is 21.3 Å². The normalized spacial score (nSPS) is 10.9. The molecule has 0 radical (unpaired) electrons. The van der Waals surface area contributed by atoms with E-state index in [2.05, 4.69) is 10.1 Å². The van der Waals surface area contributed by atoms with Gasteiger partial charge in [-0.2, -0.15) is 5.10 Å². The molecule has 0 saturated carbocycles. The summed E-state index contributed by atoms with van der Waals surface area (Å²) in [5.41, 5.74) is 8.59. The largest absolute Gasteiger partial charge is 0.396 e. The molecule has 0 atom stereocenters. The van der Waals surface area contributed by atoms with Crippen LogP contribution in [0.4, 0.5) is 5.69 Å². The summed E-state index contributed by atoms with van der Waals surface area (Å²) in [6.45, 7) is 6.79. The van der Waals surface area contributed by atoms with Crippen LogP contribution in [-0.4, -0.2) is 14.8 Å². The first-order valence-electron chi connectivity index (χ1n) is 4.78. The molecule has 2 aromatic heterocycles. The lowest BCUT2D eigenvalue weighted by atomic mass is 10.3. The van der Waals surface area contributed by atoms with Crippen LogP contribution >= 0.6 is 11.3 Å². The van der Waals surface area contributed by atoms with E-state index in [4.69, 9.17) is 5.73 Å². The van der Waals surface area contributed by atoms with Crippen LogP contribution in [0.2, 0.25) is 0 Å². The third kappa shape index (κ3) is 1.87. The Morgan fingerprint density at radius 3 is 2.60 bits per heavy atom. The highest BCUT2D eigenvalue weighted by Gasteiger charge is 2.08. The van der Waals surface area contributed by atoms with Crippen molar-refractivity contribution >= 4 is 17.0 Å². The maximum atomic E-state index is 5.74. The number of nitrogens with two attached hydrogens (primary N) is 1. The van der Waals surface area contributed by atoms with Crippen molar-refractivity contribution in [2.45, 2.75) is 27.3 Å². The number of rotatable bonds is 2. The molecule has 2 heterocycles. The quantitative estimate of drug-likeness (QED) is 0.844. The van der Waals surface area contributed by atoms with Gasteiger partial charge in [-0.25, -0.2) is 4.98 Å². The predicted molar refractivity (Wildman–Crippen MR) is 62.1 cm³/mol. The van der Waals surface area contributed by atoms with Crippen LogP contribution in [-0.2, 0) is 6.54 Å². The average molecular weight is 222 g/mol. The van der Waals surface area contributed by atoms with E-state index < -0.39 is 0 Å². The minimum absolute atomic E-state index is 0.744. The third-order valence-corrected chi connectivity index (χ3v) is 3.49. The summed E-state index contributed by atoms with van der Waals surface area (Å²) in [5, 5.41) is 5.33. The van der Waals surface area contributed by atoms with Gasteiger partial charge in [0.15, 0.2) is 0 Å². The maximum Gasteiger partial charge on any atom is 0.0900 e. The Bertz CT molecular complexity index is 484. The molecule has 0 aliphatic heterocycles. The smallest absolute Gasteiger partial charge is 0.0900 e. The summed E-state index contributed by atoms with van der Waals surface area (Å²) < 4.78 is 1.91. The zero-order valence-corrected chi connectivity index (χ0v) is 9.93. The topological polar surface area (TPSA) is 56.7 Å². The van der Waals surface area contributed by atoms with Crippen molar-refractivity contribution in [3.05, 3.63) is 27.5 Å². The highest BCUT2D eigenvalue weighted by atomic mass is 32.1. The molecule has 15 heavy (non-hydrogen) atoms. The van der Waals surface area contributed by atoms with Crippen LogP contribution < -0.4 is 5.73 Å². The molecule has 0 spiro atoms. The Morgan fingerprint density at radius 2 is 2.13 bits per heavy atom. The Morgan fingerprint density at radius 1 is 1.40 bits per heavy atom. The molecule has 0 fully saturated rings. The number of nitrogen functional groups attached to an aromatic ring is 1. The van der Waals surface area contributed by atoms with Gasteiger partial charge in [-0.05, 0) is 20.8 Å². The van der Waals surface area contributed by atoms with Crippen molar-refractivity contribution in [3.63, 3.8) is 0 Å². The molecule has 0 aliphatic carbocycles. The second-order valence-electron chi connectivity index (χ2n) is 3.58. The summed E-state index contributed by atoms with van der Waals surface area (Å²) in [4.78, 5) is 5.64. The van der Waals surface area contributed by atoms with Crippen LogP contribution in [0, 0.1) is 20.8 Å². The number of thiazole rings is 1. The monoisotopic (exact) mass is 222 g/mol. The van der Waals surface area contributed by atoms with E-state index in [1.54, 1.807) is 17.5 Å². The van der Waals surface area contributed by atoms with Gasteiger partial charge in [0.25, 0.3) is 0 Å². The molecule has 0 aromatic carbocycles. The second-order valence-corrected chi connectivity index (χ2v) is 4.87. The van der Waals surface area contributed by atoms with E-state index in [-0.39, 0.29) is 0 Å². The van der Waals surface area contributed by atoms with Crippen molar-refractivity contribution in [2.75, 3.05) is 5.73 Å². The second kappa shape index (κ2) is 3.66. The average Bonchev–Trinajstić information content (AvgIpc) is 2.64. The summed E-state index contributed by atoms with van der Waals surface area (Å²) in [7, 11) is 0.